The van der Waals surface area contributed by atoms with Crippen LogP contribution in [0.5, 0.6) is 0 Å². The third kappa shape index (κ3) is 3.65. The van der Waals surface area contributed by atoms with Gasteiger partial charge in [-0.05, 0) is 31.0 Å². The molecule has 0 saturated heterocycles. The molecule has 0 fully saturated rings. The van der Waals surface area contributed by atoms with Crippen molar-refractivity contribution in [2.45, 2.75) is 32.3 Å². The summed E-state index contributed by atoms with van der Waals surface area (Å²) in [5.41, 5.74) is 0.939. The first-order chi connectivity index (χ1) is 6.94. The number of hydrogen-bond acceptors (Lipinski definition) is 2. The molecule has 1 atom stereocenters. The Labute approximate surface area is 94.9 Å². The van der Waals surface area contributed by atoms with Gasteiger partial charge in [-0.1, -0.05) is 23.7 Å². The molecule has 1 unspecified atom stereocenters. The van der Waals surface area contributed by atoms with Crippen LogP contribution in [0.4, 0.5) is 0 Å². The number of aldehydes is 1. The van der Waals surface area contributed by atoms with Crippen molar-refractivity contribution >= 4 is 17.9 Å². The number of carbonyl (C=O) groups excluding carboxylic acids is 1. The van der Waals surface area contributed by atoms with Gasteiger partial charge >= 0.3 is 0 Å². The van der Waals surface area contributed by atoms with Crippen molar-refractivity contribution in [2.24, 2.45) is 0 Å². The number of benzene rings is 1. The molecule has 3 heteroatoms. The molecule has 0 aliphatic carbocycles. The minimum Gasteiger partial charge on any atom is -0.389 e. The quantitative estimate of drug-likeness (QED) is 0.802. The van der Waals surface area contributed by atoms with Crippen LogP contribution in [-0.2, 0) is 11.2 Å². The largest absolute Gasteiger partial charge is 0.389 e. The summed E-state index contributed by atoms with van der Waals surface area (Å²) >= 11 is 6.04. The van der Waals surface area contributed by atoms with Crippen molar-refractivity contribution in [3.8, 4) is 0 Å². The lowest BCUT2D eigenvalue weighted by Crippen LogP contribution is -2.27. The van der Waals surface area contributed by atoms with Crippen LogP contribution in [0.2, 0.25) is 5.02 Å². The summed E-state index contributed by atoms with van der Waals surface area (Å²) in [5, 5.41) is 10.5. The third-order valence-electron chi connectivity index (χ3n) is 2.30. The van der Waals surface area contributed by atoms with E-state index in [-0.39, 0.29) is 6.42 Å². The normalized spacial score (nSPS) is 14.7. The van der Waals surface area contributed by atoms with Crippen molar-refractivity contribution in [3.63, 3.8) is 0 Å². The van der Waals surface area contributed by atoms with Gasteiger partial charge in [-0.2, -0.15) is 0 Å². The summed E-state index contributed by atoms with van der Waals surface area (Å²) in [4.78, 5) is 10.4. The summed E-state index contributed by atoms with van der Waals surface area (Å²) in [7, 11) is 0. The van der Waals surface area contributed by atoms with Gasteiger partial charge in [0, 0.05) is 17.9 Å². The van der Waals surface area contributed by atoms with Crippen LogP contribution in [0.1, 0.15) is 24.5 Å². The SMILES string of the molecule is Cc1ccc(CC(C)(O)CC=O)c(Cl)c1. The minimum absolute atomic E-state index is 0.122. The minimum atomic E-state index is -1.01. The molecule has 15 heavy (non-hydrogen) atoms. The molecule has 0 heterocycles. The van der Waals surface area contributed by atoms with Gasteiger partial charge in [0.25, 0.3) is 0 Å². The molecular formula is C12H15ClO2. The zero-order valence-electron chi connectivity index (χ0n) is 8.96. The molecule has 82 valence electrons. The van der Waals surface area contributed by atoms with E-state index < -0.39 is 5.60 Å². The first-order valence-corrected chi connectivity index (χ1v) is 5.23. The van der Waals surface area contributed by atoms with Gasteiger partial charge in [0.2, 0.25) is 0 Å². The van der Waals surface area contributed by atoms with E-state index in [0.717, 1.165) is 17.4 Å². The Morgan fingerprint density at radius 2 is 2.20 bits per heavy atom. The fourth-order valence-corrected chi connectivity index (χ4v) is 1.76. The zero-order chi connectivity index (χ0) is 11.5. The summed E-state index contributed by atoms with van der Waals surface area (Å²) < 4.78 is 0. The molecule has 1 aromatic rings. The lowest BCUT2D eigenvalue weighted by atomic mass is 9.93. The monoisotopic (exact) mass is 226 g/mol. The van der Waals surface area contributed by atoms with E-state index in [1.54, 1.807) is 6.92 Å². The molecule has 0 amide bonds. The van der Waals surface area contributed by atoms with E-state index in [0.29, 0.717) is 11.4 Å². The predicted octanol–water partition coefficient (Wildman–Crippen LogP) is 2.53. The molecule has 2 nitrogen and oxygen atoms in total. The molecule has 1 rings (SSSR count). The topological polar surface area (TPSA) is 37.3 Å². The summed E-state index contributed by atoms with van der Waals surface area (Å²) in [6.07, 6.45) is 1.24. The van der Waals surface area contributed by atoms with Crippen LogP contribution in [-0.4, -0.2) is 17.0 Å². The number of aryl methyl sites for hydroxylation is 1. The Morgan fingerprint density at radius 3 is 2.73 bits per heavy atom. The number of rotatable bonds is 4. The van der Waals surface area contributed by atoms with Crippen LogP contribution in [0.3, 0.4) is 0 Å². The molecule has 0 radical (unpaired) electrons. The van der Waals surface area contributed by atoms with Crippen molar-refractivity contribution in [2.75, 3.05) is 0 Å². The molecular weight excluding hydrogens is 212 g/mol. The van der Waals surface area contributed by atoms with Crippen molar-refractivity contribution in [3.05, 3.63) is 34.3 Å². The number of hydrogen-bond donors (Lipinski definition) is 1. The van der Waals surface area contributed by atoms with Gasteiger partial charge in [-0.3, -0.25) is 0 Å². The standard InChI is InChI=1S/C12H15ClO2/c1-9-3-4-10(11(13)7-9)8-12(2,15)5-6-14/h3-4,6-7,15H,5,8H2,1-2H3. The molecule has 0 aliphatic rings. The van der Waals surface area contributed by atoms with Gasteiger partial charge in [0.15, 0.2) is 0 Å². The van der Waals surface area contributed by atoms with Gasteiger partial charge in [0.1, 0.15) is 6.29 Å². The maximum absolute atomic E-state index is 10.4. The van der Waals surface area contributed by atoms with Crippen LogP contribution in [0.25, 0.3) is 0 Å². The summed E-state index contributed by atoms with van der Waals surface area (Å²) in [5.74, 6) is 0. The van der Waals surface area contributed by atoms with Gasteiger partial charge in [-0.25, -0.2) is 0 Å². The molecule has 0 aromatic heterocycles. The molecule has 0 aliphatic heterocycles. The fraction of sp³-hybridized carbons (Fsp3) is 0.417. The van der Waals surface area contributed by atoms with Crippen molar-refractivity contribution in [1.82, 2.24) is 0 Å². The van der Waals surface area contributed by atoms with Crippen LogP contribution in [0.15, 0.2) is 18.2 Å². The van der Waals surface area contributed by atoms with E-state index in [2.05, 4.69) is 0 Å². The Morgan fingerprint density at radius 1 is 1.53 bits per heavy atom. The van der Waals surface area contributed by atoms with E-state index in [4.69, 9.17) is 11.6 Å². The van der Waals surface area contributed by atoms with E-state index in [9.17, 15) is 9.90 Å². The van der Waals surface area contributed by atoms with Gasteiger partial charge < -0.3 is 9.90 Å². The zero-order valence-corrected chi connectivity index (χ0v) is 9.71. The maximum atomic E-state index is 10.4. The van der Waals surface area contributed by atoms with Crippen LogP contribution < -0.4 is 0 Å². The highest BCUT2D eigenvalue weighted by Gasteiger charge is 2.21. The molecule has 0 saturated carbocycles. The first kappa shape index (κ1) is 12.2. The number of halogens is 1. The Kier molecular flexibility index (Phi) is 3.89. The lowest BCUT2D eigenvalue weighted by molar-refractivity contribution is -0.111. The maximum Gasteiger partial charge on any atom is 0.122 e. The molecule has 0 bridgehead atoms. The number of carbonyl (C=O) groups is 1. The first-order valence-electron chi connectivity index (χ1n) is 4.86. The van der Waals surface area contributed by atoms with Crippen molar-refractivity contribution < 1.29 is 9.90 Å². The fourth-order valence-electron chi connectivity index (χ4n) is 1.46. The van der Waals surface area contributed by atoms with Crippen LogP contribution in [0, 0.1) is 6.92 Å². The van der Waals surface area contributed by atoms with E-state index in [1.165, 1.54) is 0 Å². The van der Waals surface area contributed by atoms with Crippen LogP contribution >= 0.6 is 11.6 Å². The van der Waals surface area contributed by atoms with Gasteiger partial charge in [-0.15, -0.1) is 0 Å². The van der Waals surface area contributed by atoms with E-state index >= 15 is 0 Å². The Balaban J connectivity index is 2.84. The van der Waals surface area contributed by atoms with E-state index in [1.807, 2.05) is 25.1 Å². The Hall–Kier alpha value is -0.860. The average Bonchev–Trinajstić information content (AvgIpc) is 2.09. The molecule has 0 spiro atoms. The lowest BCUT2D eigenvalue weighted by Gasteiger charge is -2.21. The van der Waals surface area contributed by atoms with Gasteiger partial charge in [0.05, 0.1) is 5.60 Å². The highest BCUT2D eigenvalue weighted by atomic mass is 35.5. The summed E-state index contributed by atoms with van der Waals surface area (Å²) in [6.45, 7) is 3.59. The number of aliphatic hydroxyl groups is 1. The third-order valence-corrected chi connectivity index (χ3v) is 2.65. The second kappa shape index (κ2) is 4.77. The summed E-state index contributed by atoms with van der Waals surface area (Å²) in [6, 6.07) is 5.68. The highest BCUT2D eigenvalue weighted by Crippen LogP contribution is 2.23. The smallest absolute Gasteiger partial charge is 0.122 e. The average molecular weight is 227 g/mol. The molecule has 1 aromatic carbocycles. The van der Waals surface area contributed by atoms with Crippen molar-refractivity contribution in [1.29, 1.82) is 0 Å². The second-order valence-corrected chi connectivity index (χ2v) is 4.55. The molecule has 1 N–H and O–H groups in total. The predicted molar refractivity (Wildman–Crippen MR) is 61.2 cm³/mol. The highest BCUT2D eigenvalue weighted by molar-refractivity contribution is 6.31. The Bertz CT molecular complexity index is 359. The second-order valence-electron chi connectivity index (χ2n) is 4.14.